The molecular formula is C19H20N4O4. The van der Waals surface area contributed by atoms with Crippen molar-refractivity contribution in [3.8, 4) is 17.1 Å². The lowest BCUT2D eigenvalue weighted by molar-refractivity contribution is 0.0517. The Kier molecular flexibility index (Phi) is 5.44. The number of rotatable bonds is 6. The van der Waals surface area contributed by atoms with E-state index in [-0.39, 0.29) is 18.9 Å². The Morgan fingerprint density at radius 1 is 1.19 bits per heavy atom. The van der Waals surface area contributed by atoms with E-state index in [1.165, 1.54) is 0 Å². The molecule has 0 aliphatic rings. The van der Waals surface area contributed by atoms with Crippen molar-refractivity contribution in [3.05, 3.63) is 52.7 Å². The van der Waals surface area contributed by atoms with Crippen molar-refractivity contribution >= 4 is 5.97 Å². The van der Waals surface area contributed by atoms with Crippen molar-refractivity contribution in [1.82, 2.24) is 20.3 Å². The van der Waals surface area contributed by atoms with Crippen LogP contribution in [0.2, 0.25) is 0 Å². The average Bonchev–Trinajstić information content (AvgIpc) is 3.01. The third kappa shape index (κ3) is 4.11. The quantitative estimate of drug-likeness (QED) is 0.612. The largest absolute Gasteiger partial charge is 0.471 e. The third-order valence-electron chi connectivity index (χ3n) is 3.96. The Labute approximate surface area is 156 Å². The smallest absolute Gasteiger partial charge is 0.359 e. The molecule has 27 heavy (non-hydrogen) atoms. The summed E-state index contributed by atoms with van der Waals surface area (Å²) in [7, 11) is 0. The molecule has 0 fully saturated rings. The molecule has 0 bridgehead atoms. The second-order valence-corrected chi connectivity index (χ2v) is 5.98. The molecule has 0 radical (unpaired) electrons. The molecule has 0 N–H and O–H groups in total. The standard InChI is InChI=1S/C19H20N4O4/c1-5-25-19(24)17-11(2)8-16(21-22-17)26-10-15-13(4)27-23-18(15)14-7-6-12(3)20-9-14/h6-9H,5,10H2,1-4H3. The zero-order chi connectivity index (χ0) is 19.4. The Morgan fingerprint density at radius 3 is 2.67 bits per heavy atom. The molecule has 0 amide bonds. The van der Waals surface area contributed by atoms with Crippen LogP contribution in [0.4, 0.5) is 0 Å². The zero-order valence-electron chi connectivity index (χ0n) is 15.6. The van der Waals surface area contributed by atoms with Crippen LogP contribution in [-0.2, 0) is 11.3 Å². The summed E-state index contributed by atoms with van der Waals surface area (Å²) in [5.74, 6) is 0.450. The third-order valence-corrected chi connectivity index (χ3v) is 3.96. The number of hydrogen-bond donors (Lipinski definition) is 0. The lowest BCUT2D eigenvalue weighted by Gasteiger charge is -2.08. The van der Waals surface area contributed by atoms with Gasteiger partial charge in [-0.3, -0.25) is 4.98 Å². The van der Waals surface area contributed by atoms with Crippen LogP contribution >= 0.6 is 0 Å². The number of hydrogen-bond acceptors (Lipinski definition) is 8. The summed E-state index contributed by atoms with van der Waals surface area (Å²) < 4.78 is 16.0. The predicted octanol–water partition coefficient (Wildman–Crippen LogP) is 3.21. The van der Waals surface area contributed by atoms with Gasteiger partial charge in [-0.2, -0.15) is 0 Å². The second kappa shape index (κ2) is 7.94. The first kappa shape index (κ1) is 18.5. The molecule has 0 aliphatic carbocycles. The van der Waals surface area contributed by atoms with Gasteiger partial charge in [0.1, 0.15) is 18.1 Å². The van der Waals surface area contributed by atoms with Crippen molar-refractivity contribution in [2.24, 2.45) is 0 Å². The first-order valence-electron chi connectivity index (χ1n) is 8.52. The minimum atomic E-state index is -0.502. The average molecular weight is 368 g/mol. The Hall–Kier alpha value is -3.29. The highest BCUT2D eigenvalue weighted by molar-refractivity contribution is 5.88. The van der Waals surface area contributed by atoms with Crippen LogP contribution in [0.1, 0.15) is 40.0 Å². The maximum Gasteiger partial charge on any atom is 0.359 e. The highest BCUT2D eigenvalue weighted by atomic mass is 16.5. The van der Waals surface area contributed by atoms with Gasteiger partial charge in [0.05, 0.1) is 12.2 Å². The summed E-state index contributed by atoms with van der Waals surface area (Å²) in [5.41, 5.74) is 4.04. The van der Waals surface area contributed by atoms with Crippen molar-refractivity contribution in [2.75, 3.05) is 6.61 Å². The Bertz CT molecular complexity index is 951. The van der Waals surface area contributed by atoms with E-state index >= 15 is 0 Å². The number of nitrogens with zero attached hydrogens (tertiary/aromatic N) is 4. The summed E-state index contributed by atoms with van der Waals surface area (Å²) in [4.78, 5) is 16.1. The number of carbonyl (C=O) groups excluding carboxylic acids is 1. The monoisotopic (exact) mass is 368 g/mol. The van der Waals surface area contributed by atoms with Gasteiger partial charge in [0.15, 0.2) is 5.69 Å². The fourth-order valence-corrected chi connectivity index (χ4v) is 2.47. The van der Waals surface area contributed by atoms with Crippen LogP contribution in [0.25, 0.3) is 11.3 Å². The number of aryl methyl sites for hydroxylation is 3. The van der Waals surface area contributed by atoms with Crippen LogP contribution in [0.5, 0.6) is 5.88 Å². The minimum Gasteiger partial charge on any atom is -0.471 e. The Morgan fingerprint density at radius 2 is 2.00 bits per heavy atom. The molecule has 0 unspecified atom stereocenters. The molecule has 0 saturated heterocycles. The fraction of sp³-hybridized carbons (Fsp3) is 0.316. The van der Waals surface area contributed by atoms with Crippen LogP contribution < -0.4 is 4.74 Å². The molecule has 0 atom stereocenters. The van der Waals surface area contributed by atoms with Gasteiger partial charge < -0.3 is 14.0 Å². The number of carbonyl (C=O) groups is 1. The maximum atomic E-state index is 11.8. The molecule has 3 aromatic rings. The maximum absolute atomic E-state index is 11.8. The van der Waals surface area contributed by atoms with Crippen molar-refractivity contribution in [3.63, 3.8) is 0 Å². The van der Waals surface area contributed by atoms with Crippen molar-refractivity contribution in [2.45, 2.75) is 34.3 Å². The predicted molar refractivity (Wildman–Crippen MR) is 96.3 cm³/mol. The van der Waals surface area contributed by atoms with Crippen LogP contribution in [0.3, 0.4) is 0 Å². The lowest BCUT2D eigenvalue weighted by atomic mass is 10.1. The van der Waals surface area contributed by atoms with Crippen LogP contribution in [-0.4, -0.2) is 32.9 Å². The molecule has 0 aromatic carbocycles. The molecule has 140 valence electrons. The molecule has 0 aliphatic heterocycles. The second-order valence-electron chi connectivity index (χ2n) is 5.98. The number of aromatic nitrogens is 4. The van der Waals surface area contributed by atoms with E-state index in [1.807, 2.05) is 26.0 Å². The molecule has 8 heteroatoms. The van der Waals surface area contributed by atoms with E-state index in [4.69, 9.17) is 14.0 Å². The van der Waals surface area contributed by atoms with E-state index in [9.17, 15) is 4.79 Å². The van der Waals surface area contributed by atoms with Crippen molar-refractivity contribution in [1.29, 1.82) is 0 Å². The van der Waals surface area contributed by atoms with E-state index < -0.39 is 5.97 Å². The number of esters is 1. The zero-order valence-corrected chi connectivity index (χ0v) is 15.6. The summed E-state index contributed by atoms with van der Waals surface area (Å²) in [6.07, 6.45) is 1.74. The van der Waals surface area contributed by atoms with Gasteiger partial charge in [-0.15, -0.1) is 10.2 Å². The number of pyridine rings is 1. The fourth-order valence-electron chi connectivity index (χ4n) is 2.47. The SMILES string of the molecule is CCOC(=O)c1nnc(OCc2c(-c3ccc(C)nc3)noc2C)cc1C. The molecule has 0 saturated carbocycles. The van der Waals surface area contributed by atoms with Crippen LogP contribution in [0, 0.1) is 20.8 Å². The first-order valence-corrected chi connectivity index (χ1v) is 8.52. The molecule has 8 nitrogen and oxygen atoms in total. The molecule has 3 rings (SSSR count). The summed E-state index contributed by atoms with van der Waals surface area (Å²) >= 11 is 0. The number of ether oxygens (including phenoxy) is 2. The van der Waals surface area contributed by atoms with E-state index in [0.717, 1.165) is 16.8 Å². The molecule has 3 heterocycles. The summed E-state index contributed by atoms with van der Waals surface area (Å²) in [6, 6.07) is 5.49. The van der Waals surface area contributed by atoms with Gasteiger partial charge in [-0.1, -0.05) is 5.16 Å². The van der Waals surface area contributed by atoms with Gasteiger partial charge >= 0.3 is 5.97 Å². The minimum absolute atomic E-state index is 0.178. The molecule has 0 spiro atoms. The first-order chi connectivity index (χ1) is 13.0. The van der Waals surface area contributed by atoms with Crippen molar-refractivity contribution < 1.29 is 18.8 Å². The van der Waals surface area contributed by atoms with Gasteiger partial charge in [-0.25, -0.2) is 4.79 Å². The van der Waals surface area contributed by atoms with Gasteiger partial charge in [0, 0.05) is 23.5 Å². The highest BCUT2D eigenvalue weighted by Crippen LogP contribution is 2.26. The van der Waals surface area contributed by atoms with Gasteiger partial charge in [0.25, 0.3) is 0 Å². The summed E-state index contributed by atoms with van der Waals surface area (Å²) in [6.45, 7) is 7.70. The van der Waals surface area contributed by atoms with E-state index in [1.54, 1.807) is 26.1 Å². The lowest BCUT2D eigenvalue weighted by Crippen LogP contribution is -2.11. The normalized spacial score (nSPS) is 10.7. The Balaban J connectivity index is 1.78. The highest BCUT2D eigenvalue weighted by Gasteiger charge is 2.17. The van der Waals surface area contributed by atoms with Gasteiger partial charge in [0.2, 0.25) is 5.88 Å². The van der Waals surface area contributed by atoms with Gasteiger partial charge in [-0.05, 0) is 45.4 Å². The van der Waals surface area contributed by atoms with E-state index in [2.05, 4.69) is 20.3 Å². The molecular weight excluding hydrogens is 348 g/mol. The topological polar surface area (TPSA) is 100 Å². The van der Waals surface area contributed by atoms with E-state index in [0.29, 0.717) is 22.9 Å². The summed E-state index contributed by atoms with van der Waals surface area (Å²) in [5, 5.41) is 12.0. The van der Waals surface area contributed by atoms with Crippen LogP contribution in [0.15, 0.2) is 28.9 Å². The molecule has 3 aromatic heterocycles.